The van der Waals surface area contributed by atoms with Gasteiger partial charge in [-0.15, -0.1) is 0 Å². The van der Waals surface area contributed by atoms with Gasteiger partial charge in [0.15, 0.2) is 11.5 Å². The summed E-state index contributed by atoms with van der Waals surface area (Å²) in [5, 5.41) is 5.94. The van der Waals surface area contributed by atoms with Crippen molar-refractivity contribution in [1.29, 1.82) is 0 Å². The quantitative estimate of drug-likeness (QED) is 0.726. The van der Waals surface area contributed by atoms with E-state index in [4.69, 9.17) is 9.47 Å². The van der Waals surface area contributed by atoms with Crippen LogP contribution in [0.25, 0.3) is 0 Å². The van der Waals surface area contributed by atoms with Crippen LogP contribution in [0.2, 0.25) is 0 Å². The average molecular weight is 279 g/mol. The van der Waals surface area contributed by atoms with Crippen molar-refractivity contribution in [3.05, 3.63) is 18.2 Å². The summed E-state index contributed by atoms with van der Waals surface area (Å²) in [5.74, 6) is 1.44. The van der Waals surface area contributed by atoms with E-state index in [1.54, 1.807) is 0 Å². The van der Waals surface area contributed by atoms with Gasteiger partial charge in [0.25, 0.3) is 0 Å². The minimum atomic E-state index is -0.0126. The van der Waals surface area contributed by atoms with Crippen LogP contribution in [0.4, 0.5) is 5.69 Å². The first-order chi connectivity index (χ1) is 9.65. The number of carbonyl (C=O) groups is 1. The normalized spacial score (nSPS) is 12.6. The molecule has 1 aromatic rings. The number of nitrogens with one attached hydrogen (secondary N) is 2. The second kappa shape index (κ2) is 7.00. The standard InChI is InChI=1S/C14H21N3O3/c1-17(2)7-3-6-15-14(18)9-16-11-4-5-12-13(8-11)20-10-19-12/h4-5,8,16H,3,6-7,9-10H2,1-2H3,(H,15,18). The summed E-state index contributed by atoms with van der Waals surface area (Å²) in [6, 6.07) is 5.54. The summed E-state index contributed by atoms with van der Waals surface area (Å²) >= 11 is 0. The Bertz CT molecular complexity index is 463. The monoisotopic (exact) mass is 279 g/mol. The van der Waals surface area contributed by atoms with Gasteiger partial charge < -0.3 is 25.0 Å². The molecule has 0 atom stereocenters. The van der Waals surface area contributed by atoms with Gasteiger partial charge in [0.1, 0.15) is 0 Å². The number of rotatable bonds is 7. The number of hydrogen-bond acceptors (Lipinski definition) is 5. The lowest BCUT2D eigenvalue weighted by molar-refractivity contribution is -0.119. The predicted molar refractivity (Wildman–Crippen MR) is 77.2 cm³/mol. The Balaban J connectivity index is 1.68. The largest absolute Gasteiger partial charge is 0.454 e. The van der Waals surface area contributed by atoms with Crippen molar-refractivity contribution in [2.45, 2.75) is 6.42 Å². The summed E-state index contributed by atoms with van der Waals surface area (Å²) in [7, 11) is 4.03. The van der Waals surface area contributed by atoms with Gasteiger partial charge in [0.2, 0.25) is 12.7 Å². The molecule has 0 saturated carbocycles. The molecule has 110 valence electrons. The van der Waals surface area contributed by atoms with Gasteiger partial charge in [-0.2, -0.15) is 0 Å². The molecule has 0 fully saturated rings. The Morgan fingerprint density at radius 2 is 2.10 bits per heavy atom. The summed E-state index contributed by atoms with van der Waals surface area (Å²) in [6.45, 7) is 2.17. The van der Waals surface area contributed by atoms with Gasteiger partial charge in [0.05, 0.1) is 6.54 Å². The van der Waals surface area contributed by atoms with E-state index in [2.05, 4.69) is 15.5 Å². The Labute approximate surface area is 119 Å². The number of benzene rings is 1. The molecule has 2 N–H and O–H groups in total. The van der Waals surface area contributed by atoms with Crippen molar-refractivity contribution in [2.24, 2.45) is 0 Å². The van der Waals surface area contributed by atoms with Crippen LogP contribution < -0.4 is 20.1 Å². The van der Waals surface area contributed by atoms with E-state index in [0.717, 1.165) is 24.4 Å². The zero-order valence-electron chi connectivity index (χ0n) is 11.9. The van der Waals surface area contributed by atoms with E-state index < -0.39 is 0 Å². The number of fused-ring (bicyclic) bond motifs is 1. The highest BCUT2D eigenvalue weighted by Gasteiger charge is 2.13. The lowest BCUT2D eigenvalue weighted by Crippen LogP contribution is -2.31. The van der Waals surface area contributed by atoms with Crippen LogP contribution in [0.15, 0.2) is 18.2 Å². The smallest absolute Gasteiger partial charge is 0.239 e. The second-order valence-corrected chi connectivity index (χ2v) is 4.93. The highest BCUT2D eigenvalue weighted by Crippen LogP contribution is 2.34. The molecule has 0 radical (unpaired) electrons. The van der Waals surface area contributed by atoms with Crippen LogP contribution >= 0.6 is 0 Å². The lowest BCUT2D eigenvalue weighted by atomic mass is 10.3. The van der Waals surface area contributed by atoms with E-state index in [-0.39, 0.29) is 19.2 Å². The molecule has 0 bridgehead atoms. The highest BCUT2D eigenvalue weighted by molar-refractivity contribution is 5.80. The fourth-order valence-electron chi connectivity index (χ4n) is 1.87. The molecule has 0 spiro atoms. The van der Waals surface area contributed by atoms with Gasteiger partial charge in [-0.3, -0.25) is 4.79 Å². The minimum absolute atomic E-state index is 0.0126. The number of ether oxygens (including phenoxy) is 2. The van der Waals surface area contributed by atoms with Crippen molar-refractivity contribution < 1.29 is 14.3 Å². The Hall–Kier alpha value is -1.95. The summed E-state index contributed by atoms with van der Waals surface area (Å²) in [5.41, 5.74) is 0.845. The first kappa shape index (κ1) is 14.5. The zero-order valence-corrected chi connectivity index (χ0v) is 11.9. The topological polar surface area (TPSA) is 62.8 Å². The second-order valence-electron chi connectivity index (χ2n) is 4.93. The minimum Gasteiger partial charge on any atom is -0.454 e. The van der Waals surface area contributed by atoms with Crippen molar-refractivity contribution in [2.75, 3.05) is 45.8 Å². The predicted octanol–water partition coefficient (Wildman–Crippen LogP) is 0.895. The van der Waals surface area contributed by atoms with Crippen molar-refractivity contribution in [1.82, 2.24) is 10.2 Å². The lowest BCUT2D eigenvalue weighted by Gasteiger charge is -2.10. The van der Waals surface area contributed by atoms with Crippen LogP contribution in [0, 0.1) is 0 Å². The summed E-state index contributed by atoms with van der Waals surface area (Å²) in [4.78, 5) is 13.7. The molecule has 1 aliphatic heterocycles. The summed E-state index contributed by atoms with van der Waals surface area (Å²) < 4.78 is 10.5. The molecular weight excluding hydrogens is 258 g/mol. The van der Waals surface area contributed by atoms with E-state index in [0.29, 0.717) is 12.3 Å². The Morgan fingerprint density at radius 1 is 1.30 bits per heavy atom. The molecule has 0 saturated heterocycles. The molecule has 0 unspecified atom stereocenters. The van der Waals surface area contributed by atoms with E-state index in [1.807, 2.05) is 32.3 Å². The third-order valence-electron chi connectivity index (χ3n) is 2.93. The number of nitrogens with zero attached hydrogens (tertiary/aromatic N) is 1. The van der Waals surface area contributed by atoms with Crippen molar-refractivity contribution in [3.8, 4) is 11.5 Å². The molecular formula is C14H21N3O3. The number of hydrogen-bond donors (Lipinski definition) is 2. The van der Waals surface area contributed by atoms with E-state index in [1.165, 1.54) is 0 Å². The SMILES string of the molecule is CN(C)CCCNC(=O)CNc1ccc2c(c1)OCO2. The van der Waals surface area contributed by atoms with Crippen LogP contribution in [-0.2, 0) is 4.79 Å². The number of amides is 1. The van der Waals surface area contributed by atoms with E-state index >= 15 is 0 Å². The molecule has 0 aliphatic carbocycles. The molecule has 0 aromatic heterocycles. The molecule has 1 heterocycles. The summed E-state index contributed by atoms with van der Waals surface area (Å²) in [6.07, 6.45) is 0.947. The highest BCUT2D eigenvalue weighted by atomic mass is 16.7. The van der Waals surface area contributed by atoms with Gasteiger partial charge in [0, 0.05) is 18.3 Å². The third kappa shape index (κ3) is 4.31. The first-order valence-corrected chi connectivity index (χ1v) is 6.70. The molecule has 1 aromatic carbocycles. The van der Waals surface area contributed by atoms with Crippen LogP contribution in [0.3, 0.4) is 0 Å². The van der Waals surface area contributed by atoms with Gasteiger partial charge in [-0.05, 0) is 39.2 Å². The van der Waals surface area contributed by atoms with Crippen LogP contribution in [0.5, 0.6) is 11.5 Å². The first-order valence-electron chi connectivity index (χ1n) is 6.70. The zero-order chi connectivity index (χ0) is 14.4. The molecule has 2 rings (SSSR count). The molecule has 1 amide bonds. The third-order valence-corrected chi connectivity index (χ3v) is 2.93. The fourth-order valence-corrected chi connectivity index (χ4v) is 1.87. The van der Waals surface area contributed by atoms with Crippen LogP contribution in [-0.4, -0.2) is 51.3 Å². The maximum absolute atomic E-state index is 11.7. The van der Waals surface area contributed by atoms with Gasteiger partial charge in [-0.25, -0.2) is 0 Å². The average Bonchev–Trinajstić information content (AvgIpc) is 2.88. The molecule has 1 aliphatic rings. The maximum atomic E-state index is 11.7. The number of carbonyl (C=O) groups excluding carboxylic acids is 1. The molecule has 6 heteroatoms. The van der Waals surface area contributed by atoms with Crippen molar-refractivity contribution in [3.63, 3.8) is 0 Å². The van der Waals surface area contributed by atoms with E-state index in [9.17, 15) is 4.79 Å². The van der Waals surface area contributed by atoms with Crippen molar-refractivity contribution >= 4 is 11.6 Å². The Morgan fingerprint density at radius 3 is 2.90 bits per heavy atom. The van der Waals surface area contributed by atoms with Gasteiger partial charge >= 0.3 is 0 Å². The number of anilines is 1. The maximum Gasteiger partial charge on any atom is 0.239 e. The molecule has 6 nitrogen and oxygen atoms in total. The van der Waals surface area contributed by atoms with Gasteiger partial charge in [-0.1, -0.05) is 0 Å². The Kier molecular flexibility index (Phi) is 5.06. The fraction of sp³-hybridized carbons (Fsp3) is 0.500. The van der Waals surface area contributed by atoms with Crippen LogP contribution in [0.1, 0.15) is 6.42 Å². The molecule has 20 heavy (non-hydrogen) atoms.